The van der Waals surface area contributed by atoms with Crippen molar-refractivity contribution in [2.45, 2.75) is 31.7 Å². The molecule has 1 aliphatic rings. The number of aliphatic hydroxyl groups is 1. The Hall–Kier alpha value is -1.26. The van der Waals surface area contributed by atoms with Gasteiger partial charge in [-0.2, -0.15) is 0 Å². The molecule has 0 spiro atoms. The molecular weight excluding hydrogens is 220 g/mol. The molecule has 1 aromatic rings. The average Bonchev–Trinajstić information content (AvgIpc) is 2.37. The molecule has 1 heterocycles. The molecule has 0 radical (unpaired) electrons. The van der Waals surface area contributed by atoms with Crippen LogP contribution in [0.5, 0.6) is 11.5 Å². The molecule has 0 aliphatic carbocycles. The van der Waals surface area contributed by atoms with Gasteiger partial charge < -0.3 is 19.3 Å². The highest BCUT2D eigenvalue weighted by atomic mass is 16.6. The number of hydrogen-bond acceptors (Lipinski definition) is 4. The van der Waals surface area contributed by atoms with E-state index in [1.54, 1.807) is 7.11 Å². The van der Waals surface area contributed by atoms with Crippen LogP contribution in [0.1, 0.15) is 19.3 Å². The Bertz CT molecular complexity index is 336. The second kappa shape index (κ2) is 5.89. The van der Waals surface area contributed by atoms with Crippen molar-refractivity contribution >= 4 is 0 Å². The predicted molar refractivity (Wildman–Crippen MR) is 63.2 cm³/mol. The summed E-state index contributed by atoms with van der Waals surface area (Å²) in [6, 6.07) is 7.42. The molecule has 94 valence electrons. The van der Waals surface area contributed by atoms with E-state index >= 15 is 0 Å². The summed E-state index contributed by atoms with van der Waals surface area (Å²) >= 11 is 0. The zero-order valence-corrected chi connectivity index (χ0v) is 9.96. The first-order valence-corrected chi connectivity index (χ1v) is 5.88. The zero-order chi connectivity index (χ0) is 12.1. The molecule has 0 bridgehead atoms. The lowest BCUT2D eigenvalue weighted by atomic mass is 10.1. The molecule has 2 atom stereocenters. The van der Waals surface area contributed by atoms with Crippen LogP contribution < -0.4 is 9.47 Å². The van der Waals surface area contributed by atoms with Gasteiger partial charge in [0.2, 0.25) is 0 Å². The summed E-state index contributed by atoms with van der Waals surface area (Å²) in [5.41, 5.74) is 0. The minimum absolute atomic E-state index is 0.0131. The van der Waals surface area contributed by atoms with E-state index in [-0.39, 0.29) is 6.10 Å². The van der Waals surface area contributed by atoms with Crippen LogP contribution >= 0.6 is 0 Å². The first-order chi connectivity index (χ1) is 8.28. The largest absolute Gasteiger partial charge is 0.497 e. The maximum Gasteiger partial charge on any atom is 0.155 e. The lowest BCUT2D eigenvalue weighted by molar-refractivity contribution is -0.169. The van der Waals surface area contributed by atoms with Gasteiger partial charge in [0.25, 0.3) is 0 Å². The number of hydrogen-bond donors (Lipinski definition) is 1. The third kappa shape index (κ3) is 3.61. The minimum atomic E-state index is -0.631. The van der Waals surface area contributed by atoms with Gasteiger partial charge in [0, 0.05) is 0 Å². The van der Waals surface area contributed by atoms with Gasteiger partial charge in [-0.15, -0.1) is 0 Å². The molecule has 2 unspecified atom stereocenters. The predicted octanol–water partition coefficient (Wildman–Crippen LogP) is 1.96. The van der Waals surface area contributed by atoms with Crippen LogP contribution in [0.15, 0.2) is 24.3 Å². The van der Waals surface area contributed by atoms with Gasteiger partial charge in [0.15, 0.2) is 6.29 Å². The van der Waals surface area contributed by atoms with E-state index in [4.69, 9.17) is 14.2 Å². The fourth-order valence-electron chi connectivity index (χ4n) is 1.86. The van der Waals surface area contributed by atoms with Crippen LogP contribution in [0.2, 0.25) is 0 Å². The van der Waals surface area contributed by atoms with Crippen LogP contribution in [0.25, 0.3) is 0 Å². The molecule has 1 saturated heterocycles. The Kier molecular flexibility index (Phi) is 4.23. The molecule has 4 heteroatoms. The summed E-state index contributed by atoms with van der Waals surface area (Å²) < 4.78 is 16.0. The average molecular weight is 238 g/mol. The monoisotopic (exact) mass is 238 g/mol. The first kappa shape index (κ1) is 12.2. The van der Waals surface area contributed by atoms with Gasteiger partial charge in [-0.1, -0.05) is 0 Å². The van der Waals surface area contributed by atoms with Crippen molar-refractivity contribution in [1.82, 2.24) is 0 Å². The van der Waals surface area contributed by atoms with Gasteiger partial charge >= 0.3 is 0 Å². The summed E-state index contributed by atoms with van der Waals surface area (Å²) in [5.74, 6) is 1.59. The fourth-order valence-corrected chi connectivity index (χ4v) is 1.86. The van der Waals surface area contributed by atoms with E-state index in [0.717, 1.165) is 30.8 Å². The minimum Gasteiger partial charge on any atom is -0.497 e. The van der Waals surface area contributed by atoms with Gasteiger partial charge in [0.05, 0.1) is 13.2 Å². The molecule has 0 aromatic heterocycles. The Labute approximate surface area is 101 Å². The number of methoxy groups -OCH3 is 1. The highest BCUT2D eigenvalue weighted by molar-refractivity contribution is 5.31. The van der Waals surface area contributed by atoms with Crippen molar-refractivity contribution in [2.75, 3.05) is 13.7 Å². The van der Waals surface area contributed by atoms with Crippen LogP contribution in [0.4, 0.5) is 0 Å². The van der Waals surface area contributed by atoms with E-state index in [2.05, 4.69) is 0 Å². The second-order valence-electron chi connectivity index (χ2n) is 4.13. The topological polar surface area (TPSA) is 47.9 Å². The van der Waals surface area contributed by atoms with Crippen molar-refractivity contribution < 1.29 is 19.3 Å². The summed E-state index contributed by atoms with van der Waals surface area (Å²) in [6.45, 7) is 0.476. The molecule has 17 heavy (non-hydrogen) atoms. The highest BCUT2D eigenvalue weighted by Gasteiger charge is 2.20. The lowest BCUT2D eigenvalue weighted by Gasteiger charge is -2.26. The molecule has 1 aromatic carbocycles. The van der Waals surface area contributed by atoms with Gasteiger partial charge in [0.1, 0.15) is 18.1 Å². The van der Waals surface area contributed by atoms with E-state index < -0.39 is 6.29 Å². The fraction of sp³-hybridized carbons (Fsp3) is 0.538. The van der Waals surface area contributed by atoms with Crippen molar-refractivity contribution in [3.05, 3.63) is 24.3 Å². The van der Waals surface area contributed by atoms with Crippen LogP contribution in [0.3, 0.4) is 0 Å². The smallest absolute Gasteiger partial charge is 0.155 e. The lowest BCUT2D eigenvalue weighted by Crippen LogP contribution is -2.31. The van der Waals surface area contributed by atoms with Gasteiger partial charge in [-0.25, -0.2) is 0 Å². The molecule has 1 fully saturated rings. The van der Waals surface area contributed by atoms with E-state index in [9.17, 15) is 5.11 Å². The van der Waals surface area contributed by atoms with Crippen LogP contribution in [0, 0.1) is 0 Å². The first-order valence-electron chi connectivity index (χ1n) is 5.88. The maximum absolute atomic E-state index is 9.35. The molecular formula is C13H18O4. The molecule has 0 saturated carbocycles. The number of benzene rings is 1. The number of ether oxygens (including phenoxy) is 3. The normalized spacial score (nSPS) is 24.4. The summed E-state index contributed by atoms with van der Waals surface area (Å²) in [4.78, 5) is 0. The highest BCUT2D eigenvalue weighted by Crippen LogP contribution is 2.20. The Morgan fingerprint density at radius 3 is 2.59 bits per heavy atom. The number of rotatable bonds is 4. The molecule has 2 rings (SSSR count). The molecule has 0 amide bonds. The van der Waals surface area contributed by atoms with Crippen molar-refractivity contribution in [3.8, 4) is 11.5 Å². The van der Waals surface area contributed by atoms with Crippen molar-refractivity contribution in [3.63, 3.8) is 0 Å². The SMILES string of the molecule is COc1ccc(OCC2CCCC(O)O2)cc1. The summed E-state index contributed by atoms with van der Waals surface area (Å²) in [6.07, 6.45) is 2.00. The Balaban J connectivity index is 1.80. The quantitative estimate of drug-likeness (QED) is 0.871. The van der Waals surface area contributed by atoms with Crippen molar-refractivity contribution in [2.24, 2.45) is 0 Å². The van der Waals surface area contributed by atoms with Gasteiger partial charge in [-0.3, -0.25) is 0 Å². The van der Waals surface area contributed by atoms with Crippen molar-refractivity contribution in [1.29, 1.82) is 0 Å². The molecule has 1 aliphatic heterocycles. The number of aliphatic hydroxyl groups excluding tert-OH is 1. The maximum atomic E-state index is 9.35. The molecule has 1 N–H and O–H groups in total. The summed E-state index contributed by atoms with van der Waals surface area (Å²) in [7, 11) is 1.63. The Morgan fingerprint density at radius 1 is 1.24 bits per heavy atom. The van der Waals surface area contributed by atoms with E-state index in [0.29, 0.717) is 6.61 Å². The third-order valence-corrected chi connectivity index (χ3v) is 2.82. The summed E-state index contributed by atoms with van der Waals surface area (Å²) in [5, 5.41) is 9.35. The zero-order valence-electron chi connectivity index (χ0n) is 9.96. The molecule has 4 nitrogen and oxygen atoms in total. The van der Waals surface area contributed by atoms with Crippen LogP contribution in [-0.2, 0) is 4.74 Å². The van der Waals surface area contributed by atoms with Gasteiger partial charge in [-0.05, 0) is 43.5 Å². The second-order valence-corrected chi connectivity index (χ2v) is 4.13. The van der Waals surface area contributed by atoms with Crippen LogP contribution in [-0.4, -0.2) is 31.2 Å². The third-order valence-electron chi connectivity index (χ3n) is 2.82. The standard InChI is InChI=1S/C13H18O4/c1-15-10-5-7-11(8-6-10)16-9-12-3-2-4-13(14)17-12/h5-8,12-14H,2-4,9H2,1H3. The Morgan fingerprint density at radius 2 is 1.94 bits per heavy atom. The van der Waals surface area contributed by atoms with E-state index in [1.807, 2.05) is 24.3 Å². The van der Waals surface area contributed by atoms with E-state index in [1.165, 1.54) is 0 Å².